The third kappa shape index (κ3) is 30.5. The Morgan fingerprint density at radius 1 is 0.465 bits per heavy atom. The van der Waals surface area contributed by atoms with Crippen molar-refractivity contribution in [3.8, 4) is 17.2 Å². The van der Waals surface area contributed by atoms with Gasteiger partial charge < -0.3 is 65.0 Å². The number of halogens is 10. The Bertz CT molecular complexity index is 5490. The highest BCUT2D eigenvalue weighted by atomic mass is 35.7. The number of ether oxygens (including phenoxy) is 5. The third-order valence-corrected chi connectivity index (χ3v) is 26.4. The van der Waals surface area contributed by atoms with Crippen LogP contribution >= 0.6 is 10.7 Å². The molecule has 129 heavy (non-hydrogen) atoms. The third-order valence-electron chi connectivity index (χ3n) is 21.5. The predicted octanol–water partition coefficient (Wildman–Crippen LogP) is 9.41. The predicted molar refractivity (Wildman–Crippen MR) is 460 cm³/mol. The van der Waals surface area contributed by atoms with E-state index >= 15 is 0 Å². The number of nitrogens with one attached hydrogen (secondary N) is 4. The number of hydrogen-bond acceptors (Lipinski definition) is 24. The van der Waals surface area contributed by atoms with Crippen LogP contribution in [0.1, 0.15) is 128 Å². The topological polar surface area (TPSA) is 407 Å². The van der Waals surface area contributed by atoms with Crippen LogP contribution in [-0.2, 0) is 97.8 Å². The number of carbonyl (C=O) groups is 7. The number of sulfonamides is 2. The zero-order valence-electron chi connectivity index (χ0n) is 71.7. The highest BCUT2D eigenvalue weighted by Gasteiger charge is 2.50. The van der Waals surface area contributed by atoms with E-state index in [1.165, 1.54) is 88.6 Å². The number of esters is 2. The molecule has 44 heteroatoms. The largest absolute Gasteiger partial charge is 0.573 e. The number of hydrogen-bond donors (Lipinski definition) is 6. The fourth-order valence-corrected chi connectivity index (χ4v) is 18.5. The molecule has 6 aromatic carbocycles. The molecule has 0 radical (unpaired) electrons. The summed E-state index contributed by atoms with van der Waals surface area (Å²) in [7, 11) is -4.59. The lowest BCUT2D eigenvalue weighted by Crippen LogP contribution is -2.50. The van der Waals surface area contributed by atoms with Crippen molar-refractivity contribution in [2.75, 3.05) is 106 Å². The van der Waals surface area contributed by atoms with Crippen molar-refractivity contribution in [3.05, 3.63) is 183 Å². The highest BCUT2D eigenvalue weighted by molar-refractivity contribution is 8.13. The summed E-state index contributed by atoms with van der Waals surface area (Å²) < 4.78 is 211. The van der Waals surface area contributed by atoms with E-state index in [-0.39, 0.29) is 155 Å². The van der Waals surface area contributed by atoms with Gasteiger partial charge in [0.15, 0.2) is 0 Å². The number of rotatable bonds is 28. The first-order valence-corrected chi connectivity index (χ1v) is 46.2. The van der Waals surface area contributed by atoms with Crippen LogP contribution in [0.5, 0.6) is 17.2 Å². The second-order valence-corrected chi connectivity index (χ2v) is 37.6. The second-order valence-electron chi connectivity index (χ2n) is 30.6. The quantitative estimate of drug-likeness (QED) is 0.0151. The molecule has 31 nitrogen and oxygen atoms in total. The Hall–Kier alpha value is -10.7. The van der Waals surface area contributed by atoms with Crippen LogP contribution in [0.15, 0.2) is 142 Å². The van der Waals surface area contributed by atoms with Gasteiger partial charge in [-0.1, -0.05) is 66.7 Å². The van der Waals surface area contributed by atoms with Crippen LogP contribution in [0.25, 0.3) is 0 Å². The highest BCUT2D eigenvalue weighted by Crippen LogP contribution is 2.38. The van der Waals surface area contributed by atoms with Crippen LogP contribution in [0.2, 0.25) is 0 Å². The fraction of sp³-hybridized carbons (Fsp3) is 0.459. The molecular weight excluding hydrogens is 1800 g/mol. The van der Waals surface area contributed by atoms with Crippen LogP contribution in [0, 0.1) is 20.8 Å². The number of benzene rings is 6. The Morgan fingerprint density at radius 2 is 0.791 bits per heavy atom. The molecule has 0 saturated carbocycles. The van der Waals surface area contributed by atoms with Gasteiger partial charge in [0.25, 0.3) is 17.7 Å². The number of nitrogens with zero attached hydrogens (tertiary/aromatic N) is 7. The Morgan fingerprint density at radius 3 is 1.09 bits per heavy atom. The SMILES string of the molecule is CC(=O)OCCN(C(C)=O)c1ccc(CCS(=O)(=O)Cl)c(C)c1.CC(=O)OCCN(C(C)=O)c1ccc(CCS(=O)(=O)N2CCC3(CC2)N=C(c2cccc(OC(F)(F)F)c2)NC3=O)c(C)c1.CO.Cc1cc(CCCO)ccc1CCS(=O)(=O)N1CCC2(CC1)N=C(c1cccc(OC(F)(F)F)c1)NC2=O.O=C1NC(c2cccc(OC(F)(F)F)c2)=NC12CCNCC2. The van der Waals surface area contributed by atoms with Crippen LogP contribution < -0.4 is 45.3 Å². The molecule has 12 rings (SSSR count). The summed E-state index contributed by atoms with van der Waals surface area (Å²) in [6.45, 7) is 13.4. The van der Waals surface area contributed by atoms with Gasteiger partial charge in [-0.05, 0) is 204 Å². The molecular formula is C85H101ClF9N11O20S3. The zero-order chi connectivity index (χ0) is 95.3. The minimum atomic E-state index is -4.87. The number of aliphatic hydroxyl groups excluding tert-OH is 2. The van der Waals surface area contributed by atoms with E-state index in [0.717, 1.165) is 76.7 Å². The summed E-state index contributed by atoms with van der Waals surface area (Å²) >= 11 is 0. The molecule has 6 aromatic rings. The van der Waals surface area contributed by atoms with Crippen molar-refractivity contribution >= 4 is 110 Å². The van der Waals surface area contributed by atoms with Gasteiger partial charge in [0.05, 0.1) is 30.3 Å². The number of amidine groups is 3. The lowest BCUT2D eigenvalue weighted by atomic mass is 9.89. The van der Waals surface area contributed by atoms with Crippen molar-refractivity contribution in [3.63, 3.8) is 0 Å². The van der Waals surface area contributed by atoms with Crippen molar-refractivity contribution < 1.29 is 132 Å². The number of piperidine rings is 3. The molecule has 0 aromatic heterocycles. The van der Waals surface area contributed by atoms with E-state index in [1.54, 1.807) is 42.5 Å². The number of carbonyl (C=O) groups excluding carboxylic acids is 7. The van der Waals surface area contributed by atoms with Gasteiger partial charge >= 0.3 is 31.0 Å². The number of aliphatic hydroxyl groups is 2. The average Bonchev–Trinajstić information content (AvgIpc) is 1.63. The van der Waals surface area contributed by atoms with Gasteiger partial charge in [0, 0.05) is 106 Å². The van der Waals surface area contributed by atoms with Crippen LogP contribution in [-0.4, -0.2) is 235 Å². The Labute approximate surface area is 744 Å². The van der Waals surface area contributed by atoms with Gasteiger partial charge in [-0.3, -0.25) is 48.5 Å². The van der Waals surface area contributed by atoms with E-state index in [9.17, 15) is 98.3 Å². The number of aryl methyl sites for hydroxylation is 7. The van der Waals surface area contributed by atoms with E-state index < -0.39 is 100 Å². The molecule has 704 valence electrons. The maximum atomic E-state index is 13.2. The maximum absolute atomic E-state index is 13.2. The number of anilines is 2. The molecule has 0 unspecified atom stereocenters. The van der Waals surface area contributed by atoms with Crippen molar-refractivity contribution in [2.45, 2.75) is 155 Å². The van der Waals surface area contributed by atoms with Gasteiger partial charge in [-0.2, -0.15) is 0 Å². The molecule has 3 spiro atoms. The normalized spacial score (nSPS) is 16.6. The molecule has 6 heterocycles. The summed E-state index contributed by atoms with van der Waals surface area (Å²) in [6, 6.07) is 32.2. The number of alkyl halides is 9. The number of aliphatic imine (C=N–C) groups is 3. The Kier molecular flexibility index (Phi) is 36.0. The minimum absolute atomic E-state index is 0.0451. The van der Waals surface area contributed by atoms with Crippen molar-refractivity contribution in [2.24, 2.45) is 15.0 Å². The monoisotopic (exact) mass is 1900 g/mol. The first-order chi connectivity index (χ1) is 60.5. The standard InChI is InChI=1S/C29H33F3N4O7S.C26H30F3N3O5S.C15H20ClNO5S.C14H14F3N3O2.CH4O/c1-19-17-24(36(20(2)37)14-15-42-21(3)38)8-7-22(19)9-16-44(40,41)35-12-10-28(11-13-35)27(39)33-26(34-28)23-5-4-6-25(18-23)43-29(30,31)32;1-18-16-19(4-3-14-33)7-8-20(18)9-15-38(35,36)32-12-10-25(11-13-32)24(34)30-23(31-25)21-5-2-6-22(17-21)37-26(27,28)29;1-11-10-15(5-4-14(11)6-9-23(16,20)21)17(12(2)18)7-8-22-13(3)19;15-14(16,17)22-10-3-1-2-9(8-10)11-19-12(21)13(20-11)4-6-18-7-5-13;1-2/h4-8,17-18H,9-16H2,1-3H3,(H,33,34,39);2,5-8,16-17,33H,3-4,9-15H2,1H3,(H,30,31,34);4-5,10H,6-9H2,1-3H3;1-3,8,18H,4-7H2,(H,19,20,21);2H,1H3. The molecule has 3 saturated heterocycles. The maximum Gasteiger partial charge on any atom is 0.573 e. The summed E-state index contributed by atoms with van der Waals surface area (Å²) in [4.78, 5) is 100. The molecule has 0 bridgehead atoms. The fourth-order valence-electron chi connectivity index (χ4n) is 14.8. The summed E-state index contributed by atoms with van der Waals surface area (Å²) in [5, 5.41) is 27.1. The second kappa shape index (κ2) is 44.8. The zero-order valence-corrected chi connectivity index (χ0v) is 74.9. The molecule has 0 aliphatic carbocycles. The Balaban J connectivity index is 0.000000220. The van der Waals surface area contributed by atoms with Gasteiger partial charge in [-0.15, -0.1) is 39.5 Å². The lowest BCUT2D eigenvalue weighted by molar-refractivity contribution is -0.275. The van der Waals surface area contributed by atoms with Crippen molar-refractivity contribution in [1.29, 1.82) is 0 Å². The molecule has 6 N–H and O–H groups in total. The summed E-state index contributed by atoms with van der Waals surface area (Å²) in [5.41, 5.74) is 5.32. The molecule has 5 amide bonds. The molecule has 6 aliphatic heterocycles. The van der Waals surface area contributed by atoms with E-state index in [2.05, 4.69) is 50.5 Å². The first kappa shape index (κ1) is 104. The first-order valence-electron chi connectivity index (χ1n) is 40.5. The van der Waals surface area contributed by atoms with E-state index in [1.807, 2.05) is 39.0 Å². The number of amides is 5. The van der Waals surface area contributed by atoms with Gasteiger partial charge in [0.2, 0.25) is 40.9 Å². The van der Waals surface area contributed by atoms with E-state index in [0.29, 0.717) is 68.0 Å². The van der Waals surface area contributed by atoms with Crippen LogP contribution in [0.4, 0.5) is 50.9 Å². The van der Waals surface area contributed by atoms with E-state index in [4.69, 9.17) is 30.4 Å². The van der Waals surface area contributed by atoms with Crippen LogP contribution in [0.3, 0.4) is 0 Å². The summed E-state index contributed by atoms with van der Waals surface area (Å²) in [6.07, 6.45) is -10.4. The average molecular weight is 1900 g/mol. The smallest absolute Gasteiger partial charge is 0.464 e. The summed E-state index contributed by atoms with van der Waals surface area (Å²) in [5.74, 6) is -3.35. The molecule has 3 fully saturated rings. The van der Waals surface area contributed by atoms with Gasteiger partial charge in [-0.25, -0.2) is 33.9 Å². The van der Waals surface area contributed by atoms with Gasteiger partial charge in [0.1, 0.15) is 64.6 Å². The molecule has 0 atom stereocenters. The lowest BCUT2D eigenvalue weighted by Gasteiger charge is -2.34. The molecule has 6 aliphatic rings. The van der Waals surface area contributed by atoms with Crippen molar-refractivity contribution in [1.82, 2.24) is 29.9 Å². The minimum Gasteiger partial charge on any atom is -0.464 e.